The molecule has 0 bridgehead atoms. The Morgan fingerprint density at radius 3 is 2.61 bits per heavy atom. The van der Waals surface area contributed by atoms with E-state index in [-0.39, 0.29) is 11.7 Å². The Bertz CT molecular complexity index is 794. The Morgan fingerprint density at radius 1 is 1.18 bits per heavy atom. The third-order valence-corrected chi connectivity index (χ3v) is 5.15. The fourth-order valence-corrected chi connectivity index (χ4v) is 3.38. The highest BCUT2D eigenvalue weighted by molar-refractivity contribution is 7.99. The normalized spacial score (nSPS) is 15.4. The fourth-order valence-electron chi connectivity index (χ4n) is 2.74. The van der Waals surface area contributed by atoms with E-state index in [0.717, 1.165) is 48.4 Å². The van der Waals surface area contributed by atoms with E-state index in [1.54, 1.807) is 0 Å². The molecule has 0 spiro atoms. The predicted molar refractivity (Wildman–Crippen MR) is 101 cm³/mol. The van der Waals surface area contributed by atoms with E-state index < -0.39 is 11.7 Å². The molecule has 9 heteroatoms. The van der Waals surface area contributed by atoms with E-state index in [4.69, 9.17) is 4.74 Å². The number of para-hydroxylation sites is 1. The zero-order valence-corrected chi connectivity index (χ0v) is 15.9. The number of carbonyl (C=O) groups is 1. The van der Waals surface area contributed by atoms with E-state index in [2.05, 4.69) is 15.2 Å². The second-order valence-electron chi connectivity index (χ2n) is 6.27. The van der Waals surface area contributed by atoms with Gasteiger partial charge in [0.15, 0.2) is 0 Å². The first kappa shape index (κ1) is 20.6. The average molecular weight is 411 g/mol. The van der Waals surface area contributed by atoms with E-state index in [0.29, 0.717) is 24.8 Å². The number of thioether (sulfide) groups is 1. The molecule has 1 saturated heterocycles. The lowest BCUT2D eigenvalue weighted by molar-refractivity contribution is -0.137. The Balaban J connectivity index is 1.54. The van der Waals surface area contributed by atoms with Gasteiger partial charge in [-0.15, -0.1) is 0 Å². The van der Waals surface area contributed by atoms with Crippen LogP contribution in [0.15, 0.2) is 47.6 Å². The number of halogens is 3. The summed E-state index contributed by atoms with van der Waals surface area (Å²) in [4.78, 5) is 18.3. The van der Waals surface area contributed by atoms with Gasteiger partial charge in [0.05, 0.1) is 29.6 Å². The molecule has 1 aliphatic rings. The number of aromatic nitrogens is 1. The van der Waals surface area contributed by atoms with Crippen LogP contribution in [-0.4, -0.2) is 47.8 Å². The lowest BCUT2D eigenvalue weighted by Crippen LogP contribution is -2.35. The van der Waals surface area contributed by atoms with Gasteiger partial charge in [-0.3, -0.25) is 9.69 Å². The number of nitrogens with zero attached hydrogens (tertiary/aromatic N) is 2. The summed E-state index contributed by atoms with van der Waals surface area (Å²) in [6.45, 7) is 3.81. The number of morpholine rings is 1. The fraction of sp³-hybridized carbons (Fsp3) is 0.368. The Labute approximate surface area is 165 Å². The Hall–Kier alpha value is -2.10. The van der Waals surface area contributed by atoms with Crippen molar-refractivity contribution in [1.29, 1.82) is 0 Å². The molecule has 0 radical (unpaired) electrons. The minimum Gasteiger partial charge on any atom is -0.379 e. The maximum Gasteiger partial charge on any atom is 0.417 e. The highest BCUT2D eigenvalue weighted by atomic mass is 32.2. The molecule has 1 aliphatic heterocycles. The number of pyridine rings is 1. The lowest BCUT2D eigenvalue weighted by Gasteiger charge is -2.27. The van der Waals surface area contributed by atoms with Gasteiger partial charge >= 0.3 is 6.18 Å². The topological polar surface area (TPSA) is 54.5 Å². The molecule has 28 heavy (non-hydrogen) atoms. The van der Waals surface area contributed by atoms with Crippen LogP contribution in [-0.2, 0) is 22.3 Å². The zero-order valence-electron chi connectivity index (χ0n) is 15.0. The first-order valence-corrected chi connectivity index (χ1v) is 9.74. The highest BCUT2D eigenvalue weighted by Crippen LogP contribution is 2.29. The van der Waals surface area contributed by atoms with Gasteiger partial charge in [-0.25, -0.2) is 4.98 Å². The standard InChI is InChI=1S/C19H20F3N3O2S/c20-19(21,22)15-5-6-18(23-11-15)28-13-17(26)24-16-4-2-1-3-14(16)12-25-7-9-27-10-8-25/h1-6,11H,7-10,12-13H2,(H,24,26). The SMILES string of the molecule is O=C(CSc1ccc(C(F)(F)F)cn1)Nc1ccccc1CN1CCOCC1. The second-order valence-corrected chi connectivity index (χ2v) is 7.26. The summed E-state index contributed by atoms with van der Waals surface area (Å²) in [6, 6.07) is 9.82. The van der Waals surface area contributed by atoms with Crippen molar-refractivity contribution in [1.82, 2.24) is 9.88 Å². The summed E-state index contributed by atoms with van der Waals surface area (Å²) in [7, 11) is 0. The summed E-state index contributed by atoms with van der Waals surface area (Å²) in [5.74, 6) is -0.175. The molecule has 1 aromatic heterocycles. The number of anilines is 1. The van der Waals surface area contributed by atoms with Crippen LogP contribution in [0.5, 0.6) is 0 Å². The number of ether oxygens (including phenoxy) is 1. The van der Waals surface area contributed by atoms with E-state index in [1.807, 2.05) is 24.3 Å². The highest BCUT2D eigenvalue weighted by Gasteiger charge is 2.30. The molecule has 2 aromatic rings. The number of nitrogens with one attached hydrogen (secondary N) is 1. The molecule has 0 unspecified atom stereocenters. The monoisotopic (exact) mass is 411 g/mol. The molecule has 1 aromatic carbocycles. The van der Waals surface area contributed by atoms with Crippen LogP contribution in [0.25, 0.3) is 0 Å². The minimum atomic E-state index is -4.42. The minimum absolute atomic E-state index is 0.0598. The van der Waals surface area contributed by atoms with E-state index in [9.17, 15) is 18.0 Å². The number of carbonyl (C=O) groups excluding carboxylic acids is 1. The number of rotatable bonds is 6. The summed E-state index contributed by atoms with van der Waals surface area (Å²) in [5, 5.41) is 3.25. The molecule has 2 heterocycles. The van der Waals surface area contributed by atoms with Crippen molar-refractivity contribution in [3.05, 3.63) is 53.7 Å². The maximum atomic E-state index is 12.6. The van der Waals surface area contributed by atoms with Gasteiger partial charge in [-0.05, 0) is 23.8 Å². The van der Waals surface area contributed by atoms with Crippen molar-refractivity contribution in [3.8, 4) is 0 Å². The van der Waals surface area contributed by atoms with Crippen LogP contribution in [0.1, 0.15) is 11.1 Å². The first-order valence-electron chi connectivity index (χ1n) is 8.76. The largest absolute Gasteiger partial charge is 0.417 e. The number of hydrogen-bond acceptors (Lipinski definition) is 5. The molecule has 5 nitrogen and oxygen atoms in total. The Morgan fingerprint density at radius 2 is 1.93 bits per heavy atom. The molecule has 0 atom stereocenters. The lowest BCUT2D eigenvalue weighted by atomic mass is 10.1. The van der Waals surface area contributed by atoms with Crippen LogP contribution in [0.2, 0.25) is 0 Å². The number of benzene rings is 1. The van der Waals surface area contributed by atoms with E-state index >= 15 is 0 Å². The Kier molecular flexibility index (Phi) is 6.93. The van der Waals surface area contributed by atoms with E-state index in [1.165, 1.54) is 6.07 Å². The van der Waals surface area contributed by atoms with Crippen molar-refractivity contribution in [2.45, 2.75) is 17.7 Å². The number of amides is 1. The third-order valence-electron chi connectivity index (χ3n) is 4.20. The summed E-state index contributed by atoms with van der Waals surface area (Å²) in [5.41, 5.74) is 0.939. The maximum absolute atomic E-state index is 12.6. The van der Waals surface area contributed by atoms with Crippen molar-refractivity contribution in [2.24, 2.45) is 0 Å². The zero-order chi connectivity index (χ0) is 20.0. The summed E-state index contributed by atoms with van der Waals surface area (Å²) >= 11 is 1.09. The molecule has 1 fully saturated rings. The smallest absolute Gasteiger partial charge is 0.379 e. The number of alkyl halides is 3. The van der Waals surface area contributed by atoms with Crippen molar-refractivity contribution in [3.63, 3.8) is 0 Å². The van der Waals surface area contributed by atoms with Crippen LogP contribution >= 0.6 is 11.8 Å². The van der Waals surface area contributed by atoms with Gasteiger partial charge in [-0.2, -0.15) is 13.2 Å². The molecule has 3 rings (SSSR count). The van der Waals surface area contributed by atoms with Gasteiger partial charge in [-0.1, -0.05) is 30.0 Å². The molecule has 150 valence electrons. The predicted octanol–water partition coefficient (Wildman–Crippen LogP) is 3.66. The first-order chi connectivity index (χ1) is 13.4. The van der Waals surface area contributed by atoms with Gasteiger partial charge < -0.3 is 10.1 Å². The van der Waals surface area contributed by atoms with Crippen molar-refractivity contribution in [2.75, 3.05) is 37.4 Å². The van der Waals surface area contributed by atoms with Crippen LogP contribution in [0.3, 0.4) is 0 Å². The van der Waals surface area contributed by atoms with Crippen LogP contribution in [0.4, 0.5) is 18.9 Å². The molecular formula is C19H20F3N3O2S. The summed E-state index contributed by atoms with van der Waals surface area (Å²) < 4.78 is 43.0. The summed E-state index contributed by atoms with van der Waals surface area (Å²) in [6.07, 6.45) is -3.64. The van der Waals surface area contributed by atoms with Gasteiger partial charge in [0, 0.05) is 31.5 Å². The van der Waals surface area contributed by atoms with Crippen molar-refractivity contribution < 1.29 is 22.7 Å². The van der Waals surface area contributed by atoms with Gasteiger partial charge in [0.1, 0.15) is 0 Å². The van der Waals surface area contributed by atoms with Gasteiger partial charge in [0.2, 0.25) is 5.91 Å². The van der Waals surface area contributed by atoms with Gasteiger partial charge in [0.25, 0.3) is 0 Å². The average Bonchev–Trinajstić information content (AvgIpc) is 2.68. The number of hydrogen-bond donors (Lipinski definition) is 1. The second kappa shape index (κ2) is 9.40. The molecule has 0 saturated carbocycles. The molecule has 1 amide bonds. The third kappa shape index (κ3) is 5.95. The molecule has 0 aliphatic carbocycles. The molecule has 1 N–H and O–H groups in total. The van der Waals surface area contributed by atoms with Crippen molar-refractivity contribution >= 4 is 23.4 Å². The quantitative estimate of drug-likeness (QED) is 0.736. The van der Waals surface area contributed by atoms with Crippen LogP contribution in [0, 0.1) is 0 Å². The molecular weight excluding hydrogens is 391 g/mol. The van der Waals surface area contributed by atoms with Crippen LogP contribution < -0.4 is 5.32 Å².